The Hall–Kier alpha value is -0.610. The fraction of sp³-hybridized carbons (Fsp3) is 0.923. The molecule has 0 saturated carbocycles. The van der Waals surface area contributed by atoms with E-state index in [4.69, 9.17) is 4.74 Å². The van der Waals surface area contributed by atoms with E-state index in [-0.39, 0.29) is 6.04 Å². The number of carboxylic acid groups (broad SMARTS) is 1. The Morgan fingerprint density at radius 1 is 1.41 bits per heavy atom. The van der Waals surface area contributed by atoms with Gasteiger partial charge < -0.3 is 9.84 Å². The van der Waals surface area contributed by atoms with Crippen LogP contribution in [0.25, 0.3) is 0 Å². The third-order valence-corrected chi connectivity index (χ3v) is 2.98. The topological polar surface area (TPSA) is 58.6 Å². The molecule has 2 N–H and O–H groups in total. The number of ether oxygens (including phenoxy) is 1. The van der Waals surface area contributed by atoms with Crippen molar-refractivity contribution in [3.05, 3.63) is 0 Å². The number of carbonyl (C=O) groups is 1. The summed E-state index contributed by atoms with van der Waals surface area (Å²) in [4.78, 5) is 11.3. The summed E-state index contributed by atoms with van der Waals surface area (Å²) in [5.74, 6) is -0.781. The lowest BCUT2D eigenvalue weighted by Crippen LogP contribution is -2.54. The highest BCUT2D eigenvalue weighted by atomic mass is 16.5. The Kier molecular flexibility index (Phi) is 8.17. The molecule has 0 bridgehead atoms. The minimum atomic E-state index is -0.842. The molecular formula is C13H27NO3. The fourth-order valence-corrected chi connectivity index (χ4v) is 1.98. The summed E-state index contributed by atoms with van der Waals surface area (Å²) in [5.41, 5.74) is -0.842. The average Bonchev–Trinajstić information content (AvgIpc) is 2.24. The van der Waals surface area contributed by atoms with Crippen LogP contribution >= 0.6 is 0 Å². The second kappa shape index (κ2) is 8.48. The number of rotatable bonds is 10. The van der Waals surface area contributed by atoms with Gasteiger partial charge in [-0.3, -0.25) is 10.1 Å². The molecule has 0 aliphatic carbocycles. The van der Waals surface area contributed by atoms with E-state index in [1.807, 2.05) is 6.92 Å². The molecule has 2 unspecified atom stereocenters. The zero-order chi connectivity index (χ0) is 13.3. The van der Waals surface area contributed by atoms with Crippen molar-refractivity contribution >= 4 is 5.97 Å². The first-order valence-corrected chi connectivity index (χ1v) is 6.46. The molecule has 0 aliphatic heterocycles. The van der Waals surface area contributed by atoms with Crippen LogP contribution in [0.15, 0.2) is 0 Å². The molecule has 0 radical (unpaired) electrons. The standard InChI is InChI=1S/C13H27NO3/c1-5-6-7-8-9-13(3,12(15)16)14-11(2)10-17-4/h11,14H,5-10H2,1-4H3,(H,15,16). The number of methoxy groups -OCH3 is 1. The van der Waals surface area contributed by atoms with E-state index in [1.54, 1.807) is 14.0 Å². The van der Waals surface area contributed by atoms with E-state index in [9.17, 15) is 9.90 Å². The van der Waals surface area contributed by atoms with Crippen LogP contribution in [0.4, 0.5) is 0 Å². The smallest absolute Gasteiger partial charge is 0.323 e. The Labute approximate surface area is 105 Å². The number of hydrogen-bond donors (Lipinski definition) is 2. The van der Waals surface area contributed by atoms with Crippen LogP contribution < -0.4 is 5.32 Å². The van der Waals surface area contributed by atoms with Crippen LogP contribution in [-0.4, -0.2) is 36.4 Å². The number of aliphatic carboxylic acids is 1. The Bertz CT molecular complexity index is 221. The highest BCUT2D eigenvalue weighted by Crippen LogP contribution is 2.16. The molecule has 102 valence electrons. The predicted molar refractivity (Wildman–Crippen MR) is 69.3 cm³/mol. The van der Waals surface area contributed by atoms with Crippen molar-refractivity contribution in [3.8, 4) is 0 Å². The van der Waals surface area contributed by atoms with Gasteiger partial charge in [-0.25, -0.2) is 0 Å². The van der Waals surface area contributed by atoms with Gasteiger partial charge >= 0.3 is 5.97 Å². The number of unbranched alkanes of at least 4 members (excludes halogenated alkanes) is 3. The highest BCUT2D eigenvalue weighted by molar-refractivity contribution is 5.78. The van der Waals surface area contributed by atoms with E-state index in [1.165, 1.54) is 6.42 Å². The highest BCUT2D eigenvalue weighted by Gasteiger charge is 2.33. The van der Waals surface area contributed by atoms with E-state index < -0.39 is 11.5 Å². The minimum Gasteiger partial charge on any atom is -0.480 e. The van der Waals surface area contributed by atoms with Gasteiger partial charge in [0.25, 0.3) is 0 Å². The molecule has 4 heteroatoms. The van der Waals surface area contributed by atoms with Gasteiger partial charge in [0.1, 0.15) is 5.54 Å². The zero-order valence-corrected chi connectivity index (χ0v) is 11.6. The van der Waals surface area contributed by atoms with Gasteiger partial charge in [0, 0.05) is 13.2 Å². The van der Waals surface area contributed by atoms with Crippen molar-refractivity contribution in [1.82, 2.24) is 5.32 Å². The van der Waals surface area contributed by atoms with E-state index in [0.717, 1.165) is 19.3 Å². The van der Waals surface area contributed by atoms with Crippen LogP contribution in [0, 0.1) is 0 Å². The van der Waals surface area contributed by atoms with Crippen molar-refractivity contribution in [3.63, 3.8) is 0 Å². The van der Waals surface area contributed by atoms with Crippen molar-refractivity contribution in [2.75, 3.05) is 13.7 Å². The third-order valence-electron chi connectivity index (χ3n) is 2.98. The predicted octanol–water partition coefficient (Wildman–Crippen LogP) is 2.42. The fourth-order valence-electron chi connectivity index (χ4n) is 1.98. The Morgan fingerprint density at radius 3 is 2.53 bits per heavy atom. The summed E-state index contributed by atoms with van der Waals surface area (Å²) in [6.07, 6.45) is 5.04. The van der Waals surface area contributed by atoms with Crippen LogP contribution in [0.1, 0.15) is 52.9 Å². The summed E-state index contributed by atoms with van der Waals surface area (Å²) < 4.78 is 5.02. The van der Waals surface area contributed by atoms with E-state index in [2.05, 4.69) is 12.2 Å². The Balaban J connectivity index is 4.20. The molecule has 0 rings (SSSR count). The van der Waals surface area contributed by atoms with Crippen molar-refractivity contribution in [1.29, 1.82) is 0 Å². The maximum Gasteiger partial charge on any atom is 0.323 e. The summed E-state index contributed by atoms with van der Waals surface area (Å²) in [6, 6.07) is 0.0484. The number of hydrogen-bond acceptors (Lipinski definition) is 3. The van der Waals surface area contributed by atoms with E-state index in [0.29, 0.717) is 13.0 Å². The normalized spacial score (nSPS) is 16.5. The monoisotopic (exact) mass is 245 g/mol. The molecule has 0 saturated heterocycles. The largest absolute Gasteiger partial charge is 0.480 e. The molecule has 0 aromatic rings. The first-order valence-electron chi connectivity index (χ1n) is 6.46. The minimum absolute atomic E-state index is 0.0484. The van der Waals surface area contributed by atoms with Gasteiger partial charge in [0.15, 0.2) is 0 Å². The van der Waals surface area contributed by atoms with Crippen LogP contribution in [0.3, 0.4) is 0 Å². The molecule has 0 aromatic heterocycles. The molecule has 17 heavy (non-hydrogen) atoms. The summed E-state index contributed by atoms with van der Waals surface area (Å²) in [5, 5.41) is 12.4. The lowest BCUT2D eigenvalue weighted by molar-refractivity contribution is -0.145. The van der Waals surface area contributed by atoms with Gasteiger partial charge in [-0.1, -0.05) is 32.6 Å². The Morgan fingerprint density at radius 2 is 2.06 bits per heavy atom. The third kappa shape index (κ3) is 6.64. The molecule has 0 spiro atoms. The second-order valence-electron chi connectivity index (χ2n) is 4.95. The number of carboxylic acids is 1. The first-order chi connectivity index (χ1) is 7.96. The maximum absolute atomic E-state index is 11.3. The molecule has 0 aliphatic rings. The van der Waals surface area contributed by atoms with Gasteiger partial charge in [0.2, 0.25) is 0 Å². The van der Waals surface area contributed by atoms with Gasteiger partial charge in [0.05, 0.1) is 6.61 Å². The van der Waals surface area contributed by atoms with Gasteiger partial charge in [-0.05, 0) is 20.3 Å². The van der Waals surface area contributed by atoms with Gasteiger partial charge in [-0.2, -0.15) is 0 Å². The van der Waals surface area contributed by atoms with Crippen molar-refractivity contribution in [2.24, 2.45) is 0 Å². The molecule has 0 amide bonds. The summed E-state index contributed by atoms with van der Waals surface area (Å²) in [6.45, 7) is 6.37. The van der Waals surface area contributed by atoms with Gasteiger partial charge in [-0.15, -0.1) is 0 Å². The van der Waals surface area contributed by atoms with Crippen LogP contribution in [-0.2, 0) is 9.53 Å². The van der Waals surface area contributed by atoms with E-state index >= 15 is 0 Å². The average molecular weight is 245 g/mol. The lowest BCUT2D eigenvalue weighted by atomic mass is 9.93. The zero-order valence-electron chi connectivity index (χ0n) is 11.6. The van der Waals surface area contributed by atoms with Crippen LogP contribution in [0.5, 0.6) is 0 Å². The SMILES string of the molecule is CCCCCCC(C)(NC(C)COC)C(=O)O. The number of nitrogens with one attached hydrogen (secondary N) is 1. The summed E-state index contributed by atoms with van der Waals surface area (Å²) >= 11 is 0. The second-order valence-corrected chi connectivity index (χ2v) is 4.95. The lowest BCUT2D eigenvalue weighted by Gasteiger charge is -2.30. The molecule has 0 aromatic carbocycles. The molecule has 4 nitrogen and oxygen atoms in total. The quantitative estimate of drug-likeness (QED) is 0.580. The molecule has 0 heterocycles. The first kappa shape index (κ1) is 16.4. The molecular weight excluding hydrogens is 218 g/mol. The molecule has 0 fully saturated rings. The van der Waals surface area contributed by atoms with Crippen molar-refractivity contribution < 1.29 is 14.6 Å². The molecule has 2 atom stereocenters. The van der Waals surface area contributed by atoms with Crippen molar-refractivity contribution in [2.45, 2.75) is 64.5 Å². The summed E-state index contributed by atoms with van der Waals surface area (Å²) in [7, 11) is 1.62. The maximum atomic E-state index is 11.3. The van der Waals surface area contributed by atoms with Crippen LogP contribution in [0.2, 0.25) is 0 Å².